The van der Waals surface area contributed by atoms with Crippen molar-refractivity contribution in [3.05, 3.63) is 47.5 Å². The molecule has 0 aliphatic rings. The van der Waals surface area contributed by atoms with Crippen LogP contribution >= 0.6 is 0 Å². The van der Waals surface area contributed by atoms with Crippen LogP contribution in [-0.2, 0) is 19.2 Å². The molecule has 1 aromatic carbocycles. The van der Waals surface area contributed by atoms with Crippen molar-refractivity contribution in [2.24, 2.45) is 0 Å². The van der Waals surface area contributed by atoms with E-state index in [0.717, 1.165) is 0 Å². The van der Waals surface area contributed by atoms with E-state index in [1.165, 1.54) is 24.3 Å². The highest BCUT2D eigenvalue weighted by atomic mass is 16.4. The summed E-state index contributed by atoms with van der Waals surface area (Å²) in [4.78, 5) is 59.8. The van der Waals surface area contributed by atoms with Gasteiger partial charge in [-0.2, -0.15) is 0 Å². The van der Waals surface area contributed by atoms with E-state index in [4.69, 9.17) is 30.6 Å². The Bertz CT molecular complexity index is 729. The molecule has 6 N–H and O–H groups in total. The minimum absolute atomic E-state index is 0.0628. The fraction of sp³-hybridized carbons (Fsp3) is 0.222. The summed E-state index contributed by atoms with van der Waals surface area (Å²) in [6.07, 6.45) is 2.13. The Morgan fingerprint density at radius 3 is 1.10 bits per heavy atom. The molecule has 12 heteroatoms. The van der Waals surface area contributed by atoms with Crippen LogP contribution in [0.5, 0.6) is 0 Å². The van der Waals surface area contributed by atoms with Gasteiger partial charge in [-0.25, -0.2) is 19.2 Å². The third-order valence-corrected chi connectivity index (χ3v) is 2.79. The fourth-order valence-corrected chi connectivity index (χ4v) is 1.55. The minimum Gasteiger partial charge on any atom is -0.481 e. The van der Waals surface area contributed by atoms with Crippen molar-refractivity contribution in [3.63, 3.8) is 0 Å². The first-order valence-corrected chi connectivity index (χ1v) is 8.01. The molecule has 0 aliphatic heterocycles. The molecule has 0 unspecified atom stereocenters. The van der Waals surface area contributed by atoms with Crippen LogP contribution in [0.2, 0.25) is 0 Å². The molecule has 1 rings (SSSR count). The third kappa shape index (κ3) is 17.2. The molecule has 30 heavy (non-hydrogen) atoms. The molecule has 0 saturated carbocycles. The number of unbranched alkanes of at least 4 members (excludes halogenated alkanes) is 1. The molecular weight excluding hydrogens is 408 g/mol. The second-order valence-corrected chi connectivity index (χ2v) is 5.16. The largest absolute Gasteiger partial charge is 0.481 e. The lowest BCUT2D eigenvalue weighted by atomic mass is 10.1. The zero-order valence-corrected chi connectivity index (χ0v) is 15.4. The molecule has 0 heterocycles. The summed E-state index contributed by atoms with van der Waals surface area (Å²) >= 11 is 0. The Kier molecular flexibility index (Phi) is 14.7. The van der Waals surface area contributed by atoms with Crippen LogP contribution < -0.4 is 0 Å². The highest BCUT2D eigenvalue weighted by molar-refractivity contribution is 6.01. The topological polar surface area (TPSA) is 224 Å². The summed E-state index contributed by atoms with van der Waals surface area (Å²) in [5, 5.41) is 49.0. The number of carboxylic acid groups (broad SMARTS) is 6. The van der Waals surface area contributed by atoms with Gasteiger partial charge in [-0.3, -0.25) is 9.59 Å². The van der Waals surface area contributed by atoms with Crippen LogP contribution in [-0.4, -0.2) is 66.5 Å². The van der Waals surface area contributed by atoms with Gasteiger partial charge in [0.1, 0.15) is 0 Å². The monoisotopic (exact) mass is 428 g/mol. The predicted octanol–water partition coefficient (Wildman–Crippen LogP) is 1.51. The Hall–Kier alpha value is -4.22. The van der Waals surface area contributed by atoms with Crippen LogP contribution in [0, 0.1) is 0 Å². The van der Waals surface area contributed by atoms with E-state index in [1.54, 1.807) is 0 Å². The van der Waals surface area contributed by atoms with Gasteiger partial charge in [0.15, 0.2) is 0 Å². The van der Waals surface area contributed by atoms with Gasteiger partial charge in [0.05, 0.1) is 11.1 Å². The maximum absolute atomic E-state index is 10.5. The summed E-state index contributed by atoms with van der Waals surface area (Å²) in [7, 11) is 0. The van der Waals surface area contributed by atoms with E-state index in [2.05, 4.69) is 0 Å². The third-order valence-electron chi connectivity index (χ3n) is 2.79. The maximum Gasteiger partial charge on any atom is 0.336 e. The van der Waals surface area contributed by atoms with Crippen LogP contribution in [0.25, 0.3) is 0 Å². The molecule has 0 fully saturated rings. The van der Waals surface area contributed by atoms with E-state index in [-0.39, 0.29) is 24.0 Å². The quantitative estimate of drug-likeness (QED) is 0.243. The van der Waals surface area contributed by atoms with Gasteiger partial charge in [-0.05, 0) is 25.0 Å². The van der Waals surface area contributed by atoms with Gasteiger partial charge in [0.2, 0.25) is 0 Å². The Labute approximate surface area is 169 Å². The normalized spacial score (nSPS) is 9.33. The summed E-state index contributed by atoms with van der Waals surface area (Å²) in [5.74, 6) is -6.71. The summed E-state index contributed by atoms with van der Waals surface area (Å²) < 4.78 is 0. The van der Waals surface area contributed by atoms with Gasteiger partial charge in [0.25, 0.3) is 0 Å². The molecule has 12 nitrogen and oxygen atoms in total. The van der Waals surface area contributed by atoms with Crippen molar-refractivity contribution in [2.45, 2.75) is 25.7 Å². The van der Waals surface area contributed by atoms with Crippen molar-refractivity contribution in [2.75, 3.05) is 0 Å². The number of hydrogen-bond donors (Lipinski definition) is 6. The molecule has 1 aromatic rings. The second kappa shape index (κ2) is 15.8. The molecule has 0 radical (unpaired) electrons. The van der Waals surface area contributed by atoms with E-state index >= 15 is 0 Å². The SMILES string of the molecule is O=C(O)/C=C\C(=O)O.O=C(O)CCCCC(=O)O.O=C(O)c1ccccc1C(=O)O. The molecule has 0 spiro atoms. The lowest BCUT2D eigenvalue weighted by molar-refractivity contribution is -0.139. The smallest absolute Gasteiger partial charge is 0.336 e. The summed E-state index contributed by atoms with van der Waals surface area (Å²) in [6, 6.07) is 5.48. The predicted molar refractivity (Wildman–Crippen MR) is 98.5 cm³/mol. The van der Waals surface area contributed by atoms with E-state index in [1.807, 2.05) is 0 Å². The maximum atomic E-state index is 10.5. The summed E-state index contributed by atoms with van der Waals surface area (Å²) in [5.41, 5.74) is -0.380. The molecule has 0 saturated heterocycles. The number of aromatic carboxylic acids is 2. The van der Waals surface area contributed by atoms with Crippen molar-refractivity contribution in [3.8, 4) is 0 Å². The lowest BCUT2D eigenvalue weighted by Gasteiger charge is -1.98. The first kappa shape index (κ1) is 28.0. The first-order valence-electron chi connectivity index (χ1n) is 8.01. The standard InChI is InChI=1S/C8H6O4.C6H10O4.C4H4O4/c9-7(10)5-3-1-2-4-6(5)8(11)12;7-5(8)3-1-2-4-6(9)10;5-3(6)1-2-4(7)8/h1-4H,(H,9,10)(H,11,12);1-4H2,(H,7,8)(H,9,10);1-2H,(H,5,6)(H,7,8)/b;;2-1-. The first-order chi connectivity index (χ1) is 13.9. The lowest BCUT2D eigenvalue weighted by Crippen LogP contribution is -2.06. The van der Waals surface area contributed by atoms with Crippen LogP contribution in [0.1, 0.15) is 46.4 Å². The Balaban J connectivity index is 0. The molecule has 0 bridgehead atoms. The van der Waals surface area contributed by atoms with Crippen molar-refractivity contribution in [1.82, 2.24) is 0 Å². The second-order valence-electron chi connectivity index (χ2n) is 5.16. The van der Waals surface area contributed by atoms with Crippen molar-refractivity contribution < 1.29 is 59.4 Å². The van der Waals surface area contributed by atoms with Crippen LogP contribution in [0.4, 0.5) is 0 Å². The highest BCUT2D eigenvalue weighted by Gasteiger charge is 2.13. The number of aliphatic carboxylic acids is 4. The van der Waals surface area contributed by atoms with Crippen molar-refractivity contribution in [1.29, 1.82) is 0 Å². The zero-order chi connectivity index (χ0) is 23.7. The van der Waals surface area contributed by atoms with Gasteiger partial charge in [-0.1, -0.05) is 12.1 Å². The average Bonchev–Trinajstić information content (AvgIpc) is 2.64. The van der Waals surface area contributed by atoms with Gasteiger partial charge in [-0.15, -0.1) is 0 Å². The Morgan fingerprint density at radius 2 is 0.900 bits per heavy atom. The van der Waals surface area contributed by atoms with E-state index in [9.17, 15) is 28.8 Å². The van der Waals surface area contributed by atoms with Crippen LogP contribution in [0.15, 0.2) is 36.4 Å². The van der Waals surface area contributed by atoms with Gasteiger partial charge >= 0.3 is 35.8 Å². The number of benzene rings is 1. The molecule has 0 amide bonds. The molecule has 0 aliphatic carbocycles. The van der Waals surface area contributed by atoms with Gasteiger partial charge < -0.3 is 30.6 Å². The molecule has 0 atom stereocenters. The molecule has 0 aromatic heterocycles. The number of rotatable bonds is 9. The number of carboxylic acids is 6. The number of hydrogen-bond acceptors (Lipinski definition) is 6. The highest BCUT2D eigenvalue weighted by Crippen LogP contribution is 2.07. The summed E-state index contributed by atoms with van der Waals surface area (Å²) in [6.45, 7) is 0. The fourth-order valence-electron chi connectivity index (χ4n) is 1.55. The van der Waals surface area contributed by atoms with Crippen LogP contribution in [0.3, 0.4) is 0 Å². The van der Waals surface area contributed by atoms with Crippen molar-refractivity contribution >= 4 is 35.8 Å². The minimum atomic E-state index is -1.26. The molecule has 164 valence electrons. The average molecular weight is 428 g/mol. The zero-order valence-electron chi connectivity index (χ0n) is 15.4. The number of carbonyl (C=O) groups is 6. The van der Waals surface area contributed by atoms with E-state index in [0.29, 0.717) is 25.0 Å². The van der Waals surface area contributed by atoms with E-state index < -0.39 is 35.8 Å². The molecular formula is C18H20O12. The Morgan fingerprint density at radius 1 is 0.600 bits per heavy atom. The van der Waals surface area contributed by atoms with Gasteiger partial charge in [0, 0.05) is 25.0 Å².